The number of nitrogens with zero attached hydrogens (tertiary/aromatic N) is 1. The Morgan fingerprint density at radius 3 is 2.19 bits per heavy atom. The molecule has 0 heterocycles. The van der Waals surface area contributed by atoms with Gasteiger partial charge in [0.2, 0.25) is 10.0 Å². The molecule has 0 bridgehead atoms. The van der Waals surface area contributed by atoms with Gasteiger partial charge in [0.15, 0.2) is 17.5 Å². The van der Waals surface area contributed by atoms with E-state index in [-0.39, 0.29) is 4.90 Å². The van der Waals surface area contributed by atoms with Crippen LogP contribution in [0.2, 0.25) is 0 Å². The number of sulfonamides is 1. The minimum atomic E-state index is -3.72. The van der Waals surface area contributed by atoms with E-state index < -0.39 is 10.0 Å². The fourth-order valence-electron chi connectivity index (χ4n) is 2.42. The molecule has 4 N–H and O–H groups in total. The van der Waals surface area contributed by atoms with Gasteiger partial charge in [-0.3, -0.25) is 4.99 Å². The minimum absolute atomic E-state index is 0.0788. The van der Waals surface area contributed by atoms with Crippen molar-refractivity contribution < 1.29 is 17.9 Å². The van der Waals surface area contributed by atoms with Crippen LogP contribution in [0, 0.1) is 0 Å². The molecular weight excluding hydrogens is 368 g/mol. The van der Waals surface area contributed by atoms with Gasteiger partial charge < -0.3 is 20.1 Å². The lowest BCUT2D eigenvalue weighted by Crippen LogP contribution is -2.36. The summed E-state index contributed by atoms with van der Waals surface area (Å²) in [5.74, 6) is 1.89. The molecular formula is C18H24N4O4S. The number of aliphatic imine (C=N–C) groups is 1. The lowest BCUT2D eigenvalue weighted by atomic mass is 10.2. The van der Waals surface area contributed by atoms with Gasteiger partial charge in [-0.25, -0.2) is 13.6 Å². The Hall–Kier alpha value is -2.78. The standard InChI is InChI=1S/C18H24N4O4S/c1-20-18(21-11-13-5-4-6-15(9-13)27(19,23)24)22-12-14-7-8-16(25-2)17(10-14)26-3/h4-10H,11-12H2,1-3H3,(H2,19,23,24)(H2,20,21,22). The molecule has 0 radical (unpaired) electrons. The number of hydrogen-bond donors (Lipinski definition) is 3. The summed E-state index contributed by atoms with van der Waals surface area (Å²) in [5.41, 5.74) is 1.77. The zero-order chi connectivity index (χ0) is 19.9. The van der Waals surface area contributed by atoms with Crippen molar-refractivity contribution in [2.45, 2.75) is 18.0 Å². The van der Waals surface area contributed by atoms with Crippen LogP contribution in [-0.2, 0) is 23.1 Å². The van der Waals surface area contributed by atoms with Gasteiger partial charge in [-0.2, -0.15) is 0 Å². The van der Waals surface area contributed by atoms with E-state index >= 15 is 0 Å². The number of benzene rings is 2. The molecule has 0 aliphatic carbocycles. The highest BCUT2D eigenvalue weighted by Crippen LogP contribution is 2.27. The Kier molecular flexibility index (Phi) is 7.03. The van der Waals surface area contributed by atoms with E-state index in [0.717, 1.165) is 11.1 Å². The van der Waals surface area contributed by atoms with Crippen LogP contribution in [0.5, 0.6) is 11.5 Å². The van der Waals surface area contributed by atoms with Crippen LogP contribution >= 0.6 is 0 Å². The first-order chi connectivity index (χ1) is 12.9. The molecule has 0 fully saturated rings. The van der Waals surface area contributed by atoms with Gasteiger partial charge in [0.1, 0.15) is 0 Å². The van der Waals surface area contributed by atoms with Gasteiger partial charge in [-0.05, 0) is 35.4 Å². The van der Waals surface area contributed by atoms with E-state index in [2.05, 4.69) is 15.6 Å². The van der Waals surface area contributed by atoms with Crippen molar-refractivity contribution in [1.29, 1.82) is 0 Å². The van der Waals surface area contributed by atoms with Crippen molar-refractivity contribution in [1.82, 2.24) is 10.6 Å². The van der Waals surface area contributed by atoms with Crippen LogP contribution in [0.15, 0.2) is 52.4 Å². The van der Waals surface area contributed by atoms with Crippen LogP contribution in [-0.4, -0.2) is 35.6 Å². The summed E-state index contributed by atoms with van der Waals surface area (Å²) in [6, 6.07) is 12.1. The summed E-state index contributed by atoms with van der Waals surface area (Å²) in [7, 11) is 1.11. The number of nitrogens with one attached hydrogen (secondary N) is 2. The van der Waals surface area contributed by atoms with Crippen molar-refractivity contribution in [2.24, 2.45) is 10.1 Å². The van der Waals surface area contributed by atoms with Crippen LogP contribution in [0.3, 0.4) is 0 Å². The number of guanidine groups is 1. The van der Waals surface area contributed by atoms with Gasteiger partial charge >= 0.3 is 0 Å². The molecule has 0 aromatic heterocycles. The zero-order valence-electron chi connectivity index (χ0n) is 15.5. The third-order valence-electron chi connectivity index (χ3n) is 3.82. The van der Waals surface area contributed by atoms with Crippen molar-refractivity contribution >= 4 is 16.0 Å². The fourth-order valence-corrected chi connectivity index (χ4v) is 3.00. The summed E-state index contributed by atoms with van der Waals surface area (Å²) < 4.78 is 33.4. The highest BCUT2D eigenvalue weighted by atomic mass is 32.2. The van der Waals surface area contributed by atoms with Gasteiger partial charge in [0, 0.05) is 20.1 Å². The molecule has 9 heteroatoms. The molecule has 0 aliphatic rings. The number of primary sulfonamides is 1. The van der Waals surface area contributed by atoms with E-state index in [4.69, 9.17) is 14.6 Å². The van der Waals surface area contributed by atoms with Crippen LogP contribution in [0.1, 0.15) is 11.1 Å². The third kappa shape index (κ3) is 5.87. The zero-order valence-corrected chi connectivity index (χ0v) is 16.3. The van der Waals surface area contributed by atoms with E-state index in [1.165, 1.54) is 12.1 Å². The molecule has 2 aromatic carbocycles. The number of nitrogens with two attached hydrogens (primary N) is 1. The molecule has 0 spiro atoms. The van der Waals surface area contributed by atoms with E-state index in [1.807, 2.05) is 24.3 Å². The maximum Gasteiger partial charge on any atom is 0.238 e. The second-order valence-corrected chi connectivity index (χ2v) is 7.22. The average Bonchev–Trinajstić information content (AvgIpc) is 2.67. The number of rotatable bonds is 7. The molecule has 0 amide bonds. The van der Waals surface area contributed by atoms with E-state index in [0.29, 0.717) is 30.5 Å². The van der Waals surface area contributed by atoms with Crippen molar-refractivity contribution in [3.63, 3.8) is 0 Å². The van der Waals surface area contributed by atoms with Crippen LogP contribution in [0.4, 0.5) is 0 Å². The first-order valence-electron chi connectivity index (χ1n) is 8.14. The summed E-state index contributed by atoms with van der Waals surface area (Å²) in [6.45, 7) is 0.923. The SMILES string of the molecule is CN=C(NCc1cccc(S(N)(=O)=O)c1)NCc1ccc(OC)c(OC)c1. The normalized spacial score (nSPS) is 11.8. The predicted octanol–water partition coefficient (Wildman–Crippen LogP) is 1.22. The first kappa shape index (κ1) is 20.5. The van der Waals surface area contributed by atoms with Gasteiger partial charge in [-0.1, -0.05) is 18.2 Å². The number of methoxy groups -OCH3 is 2. The maximum absolute atomic E-state index is 11.4. The van der Waals surface area contributed by atoms with Gasteiger partial charge in [-0.15, -0.1) is 0 Å². The summed E-state index contributed by atoms with van der Waals surface area (Å²) in [6.07, 6.45) is 0. The molecule has 2 rings (SSSR count). The minimum Gasteiger partial charge on any atom is -0.493 e. The highest BCUT2D eigenvalue weighted by molar-refractivity contribution is 7.89. The topological polar surface area (TPSA) is 115 Å². The van der Waals surface area contributed by atoms with Crippen molar-refractivity contribution in [2.75, 3.05) is 21.3 Å². The summed E-state index contributed by atoms with van der Waals surface area (Å²) in [4.78, 5) is 4.24. The predicted molar refractivity (Wildman–Crippen MR) is 104 cm³/mol. The quantitative estimate of drug-likeness (QED) is 0.482. The van der Waals surface area contributed by atoms with Gasteiger partial charge in [0.05, 0.1) is 19.1 Å². The Balaban J connectivity index is 1.97. The molecule has 0 saturated carbocycles. The van der Waals surface area contributed by atoms with Crippen molar-refractivity contribution in [3.8, 4) is 11.5 Å². The molecule has 27 heavy (non-hydrogen) atoms. The fraction of sp³-hybridized carbons (Fsp3) is 0.278. The lowest BCUT2D eigenvalue weighted by Gasteiger charge is -2.14. The van der Waals surface area contributed by atoms with E-state index in [1.54, 1.807) is 27.3 Å². The smallest absolute Gasteiger partial charge is 0.238 e. The summed E-state index contributed by atoms with van der Waals surface area (Å²) >= 11 is 0. The maximum atomic E-state index is 11.4. The highest BCUT2D eigenvalue weighted by Gasteiger charge is 2.09. The molecule has 8 nitrogen and oxygen atoms in total. The average molecular weight is 392 g/mol. The monoisotopic (exact) mass is 392 g/mol. The molecule has 0 saturated heterocycles. The Labute approximate surface area is 159 Å². The Morgan fingerprint density at radius 1 is 1.00 bits per heavy atom. The van der Waals surface area contributed by atoms with E-state index in [9.17, 15) is 8.42 Å². The Morgan fingerprint density at radius 2 is 1.63 bits per heavy atom. The number of hydrogen-bond acceptors (Lipinski definition) is 5. The number of ether oxygens (including phenoxy) is 2. The van der Waals surface area contributed by atoms with Gasteiger partial charge in [0.25, 0.3) is 0 Å². The Bertz CT molecular complexity index is 913. The summed E-state index contributed by atoms with van der Waals surface area (Å²) in [5, 5.41) is 11.5. The first-order valence-corrected chi connectivity index (χ1v) is 9.69. The van der Waals surface area contributed by atoms with Crippen LogP contribution in [0.25, 0.3) is 0 Å². The lowest BCUT2D eigenvalue weighted by molar-refractivity contribution is 0.354. The third-order valence-corrected chi connectivity index (χ3v) is 4.73. The van der Waals surface area contributed by atoms with Crippen molar-refractivity contribution in [3.05, 3.63) is 53.6 Å². The molecule has 0 unspecified atom stereocenters. The molecule has 146 valence electrons. The molecule has 0 aliphatic heterocycles. The second kappa shape index (κ2) is 9.24. The van der Waals surface area contributed by atoms with Crippen LogP contribution < -0.4 is 25.2 Å². The second-order valence-electron chi connectivity index (χ2n) is 5.66. The molecule has 2 aromatic rings. The largest absolute Gasteiger partial charge is 0.493 e. The molecule has 0 atom stereocenters.